The van der Waals surface area contributed by atoms with Gasteiger partial charge in [0.15, 0.2) is 0 Å². The van der Waals surface area contributed by atoms with Crippen LogP contribution in [0.1, 0.15) is 22.7 Å². The van der Waals surface area contributed by atoms with Crippen molar-refractivity contribution in [1.82, 2.24) is 25.3 Å². The summed E-state index contributed by atoms with van der Waals surface area (Å²) < 4.78 is 1.64. The van der Waals surface area contributed by atoms with Crippen LogP contribution < -0.4 is 10.6 Å². The molecule has 1 aromatic heterocycles. The third-order valence-electron chi connectivity index (χ3n) is 4.51. The Kier molecular flexibility index (Phi) is 5.14. The van der Waals surface area contributed by atoms with Crippen molar-refractivity contribution in [1.29, 1.82) is 0 Å². The second-order valence-corrected chi connectivity index (χ2v) is 6.22. The first kappa shape index (κ1) is 17.2. The van der Waals surface area contributed by atoms with E-state index in [1.807, 2.05) is 18.2 Å². The van der Waals surface area contributed by atoms with Crippen molar-refractivity contribution >= 4 is 11.8 Å². The van der Waals surface area contributed by atoms with E-state index in [4.69, 9.17) is 0 Å². The number of hydrogen-bond donors (Lipinski definition) is 2. The molecular formula is C18H23N5O2. The lowest BCUT2D eigenvalue weighted by molar-refractivity contribution is -0.134. The molecule has 0 radical (unpaired) electrons. The molecule has 1 atom stereocenters. The van der Waals surface area contributed by atoms with E-state index in [0.717, 1.165) is 12.0 Å². The van der Waals surface area contributed by atoms with Crippen LogP contribution >= 0.6 is 0 Å². The maximum absolute atomic E-state index is 12.4. The van der Waals surface area contributed by atoms with Gasteiger partial charge in [-0.15, -0.1) is 0 Å². The van der Waals surface area contributed by atoms with Crippen LogP contribution in [0.25, 0.3) is 0 Å². The van der Waals surface area contributed by atoms with E-state index in [1.54, 1.807) is 36.1 Å². The van der Waals surface area contributed by atoms with Crippen LogP contribution in [0.5, 0.6) is 0 Å². The maximum atomic E-state index is 12.4. The summed E-state index contributed by atoms with van der Waals surface area (Å²) in [6, 6.07) is 7.63. The molecule has 0 saturated heterocycles. The van der Waals surface area contributed by atoms with Gasteiger partial charge in [-0.05, 0) is 24.6 Å². The molecule has 2 amide bonds. The Balaban J connectivity index is 1.56. The van der Waals surface area contributed by atoms with Crippen molar-refractivity contribution in [2.45, 2.75) is 19.0 Å². The van der Waals surface area contributed by atoms with Crippen molar-refractivity contribution in [3.8, 4) is 0 Å². The average Bonchev–Trinajstić information content (AvgIpc) is 3.05. The number of benzene rings is 1. The minimum absolute atomic E-state index is 0.000553. The van der Waals surface area contributed by atoms with E-state index in [9.17, 15) is 9.59 Å². The number of nitrogens with zero attached hydrogens (tertiary/aromatic N) is 3. The summed E-state index contributed by atoms with van der Waals surface area (Å²) in [4.78, 5) is 26.6. The normalized spacial score (nSPS) is 14.7. The molecule has 1 aliphatic rings. The molecule has 132 valence electrons. The van der Waals surface area contributed by atoms with E-state index in [2.05, 4.69) is 21.8 Å². The van der Waals surface area contributed by atoms with E-state index in [0.29, 0.717) is 13.1 Å². The van der Waals surface area contributed by atoms with Crippen molar-refractivity contribution in [3.05, 3.63) is 53.3 Å². The van der Waals surface area contributed by atoms with Gasteiger partial charge in [0.1, 0.15) is 6.04 Å². The highest BCUT2D eigenvalue weighted by molar-refractivity contribution is 5.88. The third kappa shape index (κ3) is 3.88. The largest absolute Gasteiger partial charge is 0.345 e. The Morgan fingerprint density at radius 1 is 1.28 bits per heavy atom. The highest BCUT2D eigenvalue weighted by Gasteiger charge is 2.23. The molecule has 1 aromatic carbocycles. The quantitative estimate of drug-likeness (QED) is 0.824. The number of carbonyl (C=O) groups excluding carboxylic acids is 2. The van der Waals surface area contributed by atoms with Crippen molar-refractivity contribution in [3.63, 3.8) is 0 Å². The van der Waals surface area contributed by atoms with Gasteiger partial charge in [-0.1, -0.05) is 24.3 Å². The summed E-state index contributed by atoms with van der Waals surface area (Å²) >= 11 is 0. The van der Waals surface area contributed by atoms with Crippen molar-refractivity contribution in [2.75, 3.05) is 20.1 Å². The lowest BCUT2D eigenvalue weighted by Crippen LogP contribution is -2.45. The summed E-state index contributed by atoms with van der Waals surface area (Å²) in [5.74, 6) is -0.301. The minimum atomic E-state index is -0.524. The lowest BCUT2D eigenvalue weighted by atomic mass is 10.00. The number of fused-ring (bicyclic) bond motifs is 1. The van der Waals surface area contributed by atoms with Crippen molar-refractivity contribution in [2.24, 2.45) is 7.05 Å². The van der Waals surface area contributed by atoms with Gasteiger partial charge in [-0.25, -0.2) is 0 Å². The molecule has 2 N–H and O–H groups in total. The Hall–Kier alpha value is -2.67. The van der Waals surface area contributed by atoms with Crippen LogP contribution in [0.3, 0.4) is 0 Å². The molecule has 7 heteroatoms. The molecule has 0 saturated carbocycles. The highest BCUT2D eigenvalue weighted by atomic mass is 16.2. The molecule has 0 aliphatic carbocycles. The topological polar surface area (TPSA) is 79.3 Å². The van der Waals surface area contributed by atoms with Gasteiger partial charge in [-0.3, -0.25) is 14.3 Å². The van der Waals surface area contributed by atoms with Gasteiger partial charge in [0.25, 0.3) is 0 Å². The number of aromatic nitrogens is 2. The molecule has 3 rings (SSSR count). The van der Waals surface area contributed by atoms with Crippen LogP contribution in [0, 0.1) is 0 Å². The number of nitrogens with one attached hydrogen (secondary N) is 2. The molecule has 1 unspecified atom stereocenters. The van der Waals surface area contributed by atoms with Crippen LogP contribution in [0.4, 0.5) is 0 Å². The lowest BCUT2D eigenvalue weighted by Gasteiger charge is -2.29. The minimum Gasteiger partial charge on any atom is -0.345 e. The zero-order valence-corrected chi connectivity index (χ0v) is 14.5. The summed E-state index contributed by atoms with van der Waals surface area (Å²) in [6.07, 6.45) is 4.28. The fourth-order valence-electron chi connectivity index (χ4n) is 3.12. The van der Waals surface area contributed by atoms with Crippen LogP contribution in [-0.4, -0.2) is 46.6 Å². The zero-order valence-electron chi connectivity index (χ0n) is 14.5. The summed E-state index contributed by atoms with van der Waals surface area (Å²) in [5, 5.41) is 9.77. The predicted octanol–water partition coefficient (Wildman–Crippen LogP) is 0.382. The third-order valence-corrected chi connectivity index (χ3v) is 4.51. The monoisotopic (exact) mass is 341 g/mol. The maximum Gasteiger partial charge on any atom is 0.242 e. The molecule has 2 aromatic rings. The fraction of sp³-hybridized carbons (Fsp3) is 0.389. The standard InChI is InChI=1S/C18H23N5O2/c1-19-17(15-9-21-22(2)11-15)18(25)20-10-16(24)23-8-7-13-5-3-4-6-14(13)12-23/h3-6,9,11,17,19H,7-8,10,12H2,1-2H3,(H,20,25). The second-order valence-electron chi connectivity index (χ2n) is 6.22. The Bertz CT molecular complexity index is 770. The Labute approximate surface area is 147 Å². The number of rotatable bonds is 5. The van der Waals surface area contributed by atoms with Gasteiger partial charge >= 0.3 is 0 Å². The van der Waals surface area contributed by atoms with Crippen LogP contribution in [0.15, 0.2) is 36.7 Å². The molecule has 1 aliphatic heterocycles. The van der Waals surface area contributed by atoms with Crippen molar-refractivity contribution < 1.29 is 9.59 Å². The van der Waals surface area contributed by atoms with E-state index < -0.39 is 6.04 Å². The SMILES string of the molecule is CNC(C(=O)NCC(=O)N1CCc2ccccc2C1)c1cnn(C)c1. The number of carbonyl (C=O) groups is 2. The van der Waals surface area contributed by atoms with Gasteiger partial charge in [0.2, 0.25) is 11.8 Å². The molecule has 7 nitrogen and oxygen atoms in total. The Morgan fingerprint density at radius 3 is 2.72 bits per heavy atom. The Morgan fingerprint density at radius 2 is 2.04 bits per heavy atom. The van der Waals surface area contributed by atoms with Gasteiger partial charge in [0, 0.05) is 31.9 Å². The molecule has 25 heavy (non-hydrogen) atoms. The first-order chi connectivity index (χ1) is 12.1. The number of hydrogen-bond acceptors (Lipinski definition) is 4. The predicted molar refractivity (Wildman–Crippen MR) is 93.6 cm³/mol. The van der Waals surface area contributed by atoms with Gasteiger partial charge < -0.3 is 15.5 Å². The number of aryl methyl sites for hydroxylation is 1. The highest BCUT2D eigenvalue weighted by Crippen LogP contribution is 2.18. The van der Waals surface area contributed by atoms with E-state index in [-0.39, 0.29) is 18.4 Å². The second kappa shape index (κ2) is 7.48. The van der Waals surface area contributed by atoms with Gasteiger partial charge in [0.05, 0.1) is 12.7 Å². The van der Waals surface area contributed by atoms with E-state index >= 15 is 0 Å². The first-order valence-corrected chi connectivity index (χ1v) is 8.36. The number of amides is 2. The summed E-state index contributed by atoms with van der Waals surface area (Å²) in [6.45, 7) is 1.28. The first-order valence-electron chi connectivity index (χ1n) is 8.36. The molecular weight excluding hydrogens is 318 g/mol. The summed E-state index contributed by atoms with van der Waals surface area (Å²) in [5.41, 5.74) is 3.24. The smallest absolute Gasteiger partial charge is 0.242 e. The van der Waals surface area contributed by atoms with Crippen LogP contribution in [-0.2, 0) is 29.6 Å². The molecule has 0 fully saturated rings. The molecule has 2 heterocycles. The molecule has 0 bridgehead atoms. The van der Waals surface area contributed by atoms with E-state index in [1.165, 1.54) is 11.1 Å². The number of likely N-dealkylation sites (N-methyl/N-ethyl adjacent to an activating group) is 1. The van der Waals surface area contributed by atoms with Crippen LogP contribution in [0.2, 0.25) is 0 Å². The molecule has 0 spiro atoms. The van der Waals surface area contributed by atoms with Gasteiger partial charge in [-0.2, -0.15) is 5.10 Å². The average molecular weight is 341 g/mol. The zero-order chi connectivity index (χ0) is 17.8. The summed E-state index contributed by atoms with van der Waals surface area (Å²) in [7, 11) is 3.51. The fourth-order valence-corrected chi connectivity index (χ4v) is 3.12.